The van der Waals surface area contributed by atoms with E-state index in [1.165, 1.54) is 6.07 Å². The molecule has 172 valence electrons. The maximum atomic E-state index is 13.2. The molecule has 3 aliphatic heterocycles. The van der Waals surface area contributed by atoms with Crippen LogP contribution in [0.4, 0.5) is 30.5 Å². The molecule has 7 nitrogen and oxygen atoms in total. The molecule has 2 unspecified atom stereocenters. The highest BCUT2D eigenvalue weighted by Gasteiger charge is 2.50. The topological polar surface area (TPSA) is 61.8 Å². The van der Waals surface area contributed by atoms with Crippen molar-refractivity contribution in [2.24, 2.45) is 7.05 Å². The first kappa shape index (κ1) is 20.3. The number of aryl methyl sites for hydroxylation is 1. The van der Waals surface area contributed by atoms with Gasteiger partial charge in [0.1, 0.15) is 5.82 Å². The Morgan fingerprint density at radius 3 is 2.82 bits per heavy atom. The smallest absolute Gasteiger partial charge is 0.366 e. The van der Waals surface area contributed by atoms with Crippen LogP contribution < -0.4 is 15.1 Å². The van der Waals surface area contributed by atoms with E-state index in [1.807, 2.05) is 25.4 Å². The summed E-state index contributed by atoms with van der Waals surface area (Å²) in [5.74, 6) is 1.49. The summed E-state index contributed by atoms with van der Waals surface area (Å²) in [5, 5.41) is 7.65. The molecule has 0 spiro atoms. The highest BCUT2D eigenvalue weighted by atomic mass is 19.4. The van der Waals surface area contributed by atoms with Crippen molar-refractivity contribution in [2.45, 2.75) is 37.5 Å². The summed E-state index contributed by atoms with van der Waals surface area (Å²) in [6, 6.07) is 11.2. The normalized spacial score (nSPS) is 23.9. The van der Waals surface area contributed by atoms with Crippen LogP contribution in [0, 0.1) is 0 Å². The van der Waals surface area contributed by atoms with Gasteiger partial charge in [-0.2, -0.15) is 18.3 Å². The van der Waals surface area contributed by atoms with E-state index >= 15 is 0 Å². The number of nitrogens with zero attached hydrogens (tertiary/aromatic N) is 5. The van der Waals surface area contributed by atoms with Crippen LogP contribution in [0.2, 0.25) is 0 Å². The van der Waals surface area contributed by atoms with E-state index in [1.54, 1.807) is 16.8 Å². The van der Waals surface area contributed by atoms with Crippen molar-refractivity contribution in [1.82, 2.24) is 14.8 Å². The van der Waals surface area contributed by atoms with Crippen LogP contribution in [0.3, 0.4) is 0 Å². The second-order valence-electron chi connectivity index (χ2n) is 8.73. The number of pyridine rings is 1. The van der Waals surface area contributed by atoms with Gasteiger partial charge in [-0.1, -0.05) is 12.1 Å². The fourth-order valence-corrected chi connectivity index (χ4v) is 4.85. The third-order valence-electron chi connectivity index (χ3n) is 6.46. The van der Waals surface area contributed by atoms with E-state index in [0.29, 0.717) is 11.3 Å². The van der Waals surface area contributed by atoms with Crippen LogP contribution in [0.25, 0.3) is 11.3 Å². The number of benzene rings is 1. The Bertz CT molecular complexity index is 1190. The standard InChI is InChI=1S/C23H23F3N6O/c1-30-11-9-19(29-30)28-21-22(33-21)32-16-6-3-10-31(13-16)18-8-7-17(27-20(18)32)14-4-2-5-15(12-14)23(24,25)26/h2,4-5,7-9,11-12,16,21-22H,3,6,10,13H2,1H3,(H,28,29)/t16-,21?,22?/m0/s1. The van der Waals surface area contributed by atoms with Crippen LogP contribution in [0.15, 0.2) is 48.7 Å². The summed E-state index contributed by atoms with van der Waals surface area (Å²) in [4.78, 5) is 9.38. The van der Waals surface area contributed by atoms with E-state index in [4.69, 9.17) is 9.72 Å². The lowest BCUT2D eigenvalue weighted by Crippen LogP contribution is -2.54. The van der Waals surface area contributed by atoms with E-state index in [0.717, 1.165) is 55.4 Å². The first-order chi connectivity index (χ1) is 15.9. The number of rotatable bonds is 4. The molecule has 6 rings (SSSR count). The number of epoxide rings is 1. The molecule has 3 atom stereocenters. The summed E-state index contributed by atoms with van der Waals surface area (Å²) in [7, 11) is 1.85. The Hall–Kier alpha value is -3.27. The van der Waals surface area contributed by atoms with Crippen molar-refractivity contribution >= 4 is 17.3 Å². The third kappa shape index (κ3) is 3.68. The molecule has 1 aromatic carbocycles. The molecule has 3 aromatic rings. The SMILES string of the molecule is Cn1ccc(NC2OC2N2c3nc(-c4cccc(C(F)(F)F)c4)ccc3N3CCC[C@H]2C3)n1. The zero-order chi connectivity index (χ0) is 22.7. The molecular formula is C23H23F3N6O. The molecular weight excluding hydrogens is 433 g/mol. The lowest BCUT2D eigenvalue weighted by molar-refractivity contribution is -0.137. The number of hydrogen-bond acceptors (Lipinski definition) is 6. The van der Waals surface area contributed by atoms with Crippen LogP contribution in [-0.4, -0.2) is 46.4 Å². The number of piperidine rings is 1. The van der Waals surface area contributed by atoms with Gasteiger partial charge in [0.15, 0.2) is 18.3 Å². The van der Waals surface area contributed by atoms with Gasteiger partial charge in [0, 0.05) is 38.0 Å². The minimum absolute atomic E-state index is 0.208. The third-order valence-corrected chi connectivity index (χ3v) is 6.46. The number of aromatic nitrogens is 3. The van der Waals surface area contributed by atoms with E-state index in [9.17, 15) is 13.2 Å². The van der Waals surface area contributed by atoms with Crippen molar-refractivity contribution in [1.29, 1.82) is 0 Å². The van der Waals surface area contributed by atoms with Gasteiger partial charge < -0.3 is 19.9 Å². The van der Waals surface area contributed by atoms with Gasteiger partial charge in [-0.05, 0) is 37.1 Å². The summed E-state index contributed by atoms with van der Waals surface area (Å²) in [5.41, 5.74) is 1.27. The average Bonchev–Trinajstić information content (AvgIpc) is 3.42. The van der Waals surface area contributed by atoms with E-state index in [2.05, 4.69) is 20.2 Å². The molecule has 2 fully saturated rings. The molecule has 0 aliphatic carbocycles. The highest BCUT2D eigenvalue weighted by Crippen LogP contribution is 2.44. The van der Waals surface area contributed by atoms with Crippen molar-refractivity contribution in [3.8, 4) is 11.3 Å². The summed E-state index contributed by atoms with van der Waals surface area (Å²) >= 11 is 0. The molecule has 0 amide bonds. The number of anilines is 3. The van der Waals surface area contributed by atoms with Crippen molar-refractivity contribution in [2.75, 3.05) is 28.2 Å². The second kappa shape index (κ2) is 7.38. The van der Waals surface area contributed by atoms with Gasteiger partial charge in [-0.3, -0.25) is 4.68 Å². The van der Waals surface area contributed by atoms with E-state index < -0.39 is 11.7 Å². The number of nitrogens with one attached hydrogen (secondary N) is 1. The number of alkyl halides is 3. The Labute approximate surface area is 188 Å². The summed E-state index contributed by atoms with van der Waals surface area (Å²) in [6.45, 7) is 1.83. The van der Waals surface area contributed by atoms with Gasteiger partial charge in [-0.25, -0.2) is 4.98 Å². The number of ether oxygens (including phenoxy) is 1. The van der Waals surface area contributed by atoms with Crippen molar-refractivity contribution in [3.63, 3.8) is 0 Å². The van der Waals surface area contributed by atoms with Crippen LogP contribution in [-0.2, 0) is 18.0 Å². The number of fused-ring (bicyclic) bond motifs is 4. The monoisotopic (exact) mass is 456 g/mol. The second-order valence-corrected chi connectivity index (χ2v) is 8.73. The zero-order valence-electron chi connectivity index (χ0n) is 18.0. The largest absolute Gasteiger partial charge is 0.416 e. The first-order valence-electron chi connectivity index (χ1n) is 11.0. The van der Waals surface area contributed by atoms with Crippen LogP contribution >= 0.6 is 0 Å². The fraction of sp³-hybridized carbons (Fsp3) is 0.391. The quantitative estimate of drug-likeness (QED) is 0.597. The van der Waals surface area contributed by atoms with Crippen molar-refractivity contribution in [3.05, 3.63) is 54.2 Å². The Morgan fingerprint density at radius 1 is 1.15 bits per heavy atom. The van der Waals surface area contributed by atoms with Gasteiger partial charge in [-0.15, -0.1) is 0 Å². The first-order valence-corrected chi connectivity index (χ1v) is 11.0. The molecule has 1 N–H and O–H groups in total. The number of halogens is 3. The highest BCUT2D eigenvalue weighted by molar-refractivity contribution is 5.76. The maximum Gasteiger partial charge on any atom is 0.416 e. The molecule has 3 aliphatic rings. The van der Waals surface area contributed by atoms with Gasteiger partial charge in [0.05, 0.1) is 23.0 Å². The number of hydrogen-bond donors (Lipinski definition) is 1. The molecule has 5 heterocycles. The Kier molecular flexibility index (Phi) is 4.55. The molecule has 2 saturated heterocycles. The molecule has 0 radical (unpaired) electrons. The maximum absolute atomic E-state index is 13.2. The molecule has 33 heavy (non-hydrogen) atoms. The Morgan fingerprint density at radius 2 is 2.03 bits per heavy atom. The summed E-state index contributed by atoms with van der Waals surface area (Å²) in [6.07, 6.45) is -0.883. The minimum Gasteiger partial charge on any atom is -0.366 e. The van der Waals surface area contributed by atoms with Crippen LogP contribution in [0.5, 0.6) is 0 Å². The van der Waals surface area contributed by atoms with Gasteiger partial charge >= 0.3 is 6.18 Å². The zero-order valence-corrected chi connectivity index (χ0v) is 18.0. The minimum atomic E-state index is -4.40. The molecule has 10 heteroatoms. The van der Waals surface area contributed by atoms with Crippen molar-refractivity contribution < 1.29 is 17.9 Å². The molecule has 2 bridgehead atoms. The lowest BCUT2D eigenvalue weighted by Gasteiger charge is -2.46. The van der Waals surface area contributed by atoms with E-state index in [-0.39, 0.29) is 18.5 Å². The summed E-state index contributed by atoms with van der Waals surface area (Å²) < 4.78 is 47.4. The predicted molar refractivity (Wildman–Crippen MR) is 118 cm³/mol. The van der Waals surface area contributed by atoms with Gasteiger partial charge in [0.2, 0.25) is 0 Å². The molecule has 2 aromatic heterocycles. The predicted octanol–water partition coefficient (Wildman–Crippen LogP) is 4.08. The Balaban J connectivity index is 1.34. The lowest BCUT2D eigenvalue weighted by atomic mass is 9.99. The molecule has 0 saturated carbocycles. The average molecular weight is 456 g/mol. The van der Waals surface area contributed by atoms with Crippen LogP contribution in [0.1, 0.15) is 18.4 Å². The van der Waals surface area contributed by atoms with Gasteiger partial charge in [0.25, 0.3) is 0 Å². The fourth-order valence-electron chi connectivity index (χ4n) is 4.85.